The first-order valence-electron chi connectivity index (χ1n) is 3.99. The third-order valence-corrected chi connectivity index (χ3v) is 1.68. The SMILES string of the molecule is CC([O-])CCc1ccccc1.[Cl-].[Cl-].[V]. The second-order valence-electron chi connectivity index (χ2n) is 2.83. The molecule has 0 aromatic heterocycles. The zero-order valence-electron chi connectivity index (χ0n) is 7.99. The molecule has 1 radical (unpaired) electrons. The summed E-state index contributed by atoms with van der Waals surface area (Å²) < 4.78 is 0. The maximum atomic E-state index is 10.7. The van der Waals surface area contributed by atoms with Crippen LogP contribution in [0.2, 0.25) is 0 Å². The van der Waals surface area contributed by atoms with E-state index in [1.807, 2.05) is 18.2 Å². The van der Waals surface area contributed by atoms with E-state index in [-0.39, 0.29) is 43.4 Å². The molecule has 0 bridgehead atoms. The van der Waals surface area contributed by atoms with E-state index in [1.54, 1.807) is 6.92 Å². The van der Waals surface area contributed by atoms with Crippen molar-refractivity contribution in [2.75, 3.05) is 0 Å². The van der Waals surface area contributed by atoms with Crippen molar-refractivity contribution < 1.29 is 48.5 Å². The molecule has 0 aliphatic carbocycles. The monoisotopic (exact) mass is 270 g/mol. The predicted molar refractivity (Wildman–Crippen MR) is 44.2 cm³/mol. The molecule has 4 heteroatoms. The van der Waals surface area contributed by atoms with Gasteiger partial charge < -0.3 is 29.9 Å². The summed E-state index contributed by atoms with van der Waals surface area (Å²) in [6, 6.07) is 10.1. The average molecular weight is 271 g/mol. The number of hydrogen-bond donors (Lipinski definition) is 0. The fourth-order valence-corrected chi connectivity index (χ4v) is 1.01. The Bertz CT molecular complexity index is 205. The summed E-state index contributed by atoms with van der Waals surface area (Å²) in [5.74, 6) is 0. The largest absolute Gasteiger partial charge is 1.00 e. The minimum Gasteiger partial charge on any atom is -1.00 e. The Hall–Kier alpha value is 0.344. The molecule has 0 N–H and O–H groups in total. The smallest absolute Gasteiger partial charge is 0 e. The van der Waals surface area contributed by atoms with Crippen molar-refractivity contribution >= 4 is 0 Å². The Morgan fingerprint density at radius 1 is 1.14 bits per heavy atom. The first kappa shape index (κ1) is 19.8. The van der Waals surface area contributed by atoms with Crippen LogP contribution in [0.1, 0.15) is 18.9 Å². The molecule has 0 saturated heterocycles. The first-order valence-corrected chi connectivity index (χ1v) is 3.99. The molecule has 14 heavy (non-hydrogen) atoms. The van der Waals surface area contributed by atoms with Gasteiger partial charge in [-0.25, -0.2) is 0 Å². The van der Waals surface area contributed by atoms with E-state index in [2.05, 4.69) is 12.1 Å². The molecule has 1 unspecified atom stereocenters. The zero-order chi connectivity index (χ0) is 8.10. The van der Waals surface area contributed by atoms with Gasteiger partial charge in [-0.3, -0.25) is 0 Å². The van der Waals surface area contributed by atoms with Gasteiger partial charge in [0.1, 0.15) is 0 Å². The summed E-state index contributed by atoms with van der Waals surface area (Å²) in [6.07, 6.45) is 1.21. The molecule has 1 aromatic rings. The number of rotatable bonds is 3. The first-order chi connectivity index (χ1) is 5.29. The van der Waals surface area contributed by atoms with Gasteiger partial charge in [0, 0.05) is 18.6 Å². The average Bonchev–Trinajstić information content (AvgIpc) is 2.03. The van der Waals surface area contributed by atoms with Gasteiger partial charge in [0.2, 0.25) is 0 Å². The maximum absolute atomic E-state index is 10.7. The molecule has 0 aliphatic rings. The van der Waals surface area contributed by atoms with Crippen LogP contribution in [0.25, 0.3) is 0 Å². The third-order valence-electron chi connectivity index (χ3n) is 1.68. The number of halogens is 2. The van der Waals surface area contributed by atoms with Crippen molar-refractivity contribution in [1.82, 2.24) is 0 Å². The van der Waals surface area contributed by atoms with Crippen LogP contribution >= 0.6 is 0 Å². The molecule has 0 heterocycles. The molecule has 0 fully saturated rings. The fourth-order valence-electron chi connectivity index (χ4n) is 1.01. The van der Waals surface area contributed by atoms with E-state index in [0.717, 1.165) is 12.8 Å². The van der Waals surface area contributed by atoms with E-state index in [1.165, 1.54) is 5.56 Å². The van der Waals surface area contributed by atoms with Crippen LogP contribution in [0.15, 0.2) is 30.3 Å². The van der Waals surface area contributed by atoms with Gasteiger partial charge in [0.05, 0.1) is 0 Å². The minimum absolute atomic E-state index is 0. The van der Waals surface area contributed by atoms with E-state index in [4.69, 9.17) is 0 Å². The minimum atomic E-state index is -0.435. The van der Waals surface area contributed by atoms with Crippen molar-refractivity contribution in [2.45, 2.75) is 25.9 Å². The van der Waals surface area contributed by atoms with Crippen LogP contribution in [0.4, 0.5) is 0 Å². The maximum Gasteiger partial charge on any atom is 0 e. The molecule has 1 nitrogen and oxygen atoms in total. The molecule has 0 amide bonds. The molecule has 0 saturated carbocycles. The fraction of sp³-hybridized carbons (Fsp3) is 0.400. The summed E-state index contributed by atoms with van der Waals surface area (Å²) in [5.41, 5.74) is 1.26. The van der Waals surface area contributed by atoms with E-state index in [0.29, 0.717) is 0 Å². The van der Waals surface area contributed by atoms with Crippen LogP contribution < -0.4 is 29.9 Å². The Morgan fingerprint density at radius 3 is 2.07 bits per heavy atom. The van der Waals surface area contributed by atoms with Crippen molar-refractivity contribution in [3.63, 3.8) is 0 Å². The molecule has 81 valence electrons. The molecular formula is C10H13Cl2OV-3. The number of benzene rings is 1. The van der Waals surface area contributed by atoms with Gasteiger partial charge in [-0.1, -0.05) is 43.7 Å². The van der Waals surface area contributed by atoms with Crippen molar-refractivity contribution in [3.8, 4) is 0 Å². The van der Waals surface area contributed by atoms with Crippen LogP contribution in [0, 0.1) is 0 Å². The Labute approximate surface area is 110 Å². The van der Waals surface area contributed by atoms with E-state index < -0.39 is 6.10 Å². The zero-order valence-corrected chi connectivity index (χ0v) is 10.9. The normalized spacial score (nSPS) is 10.1. The molecule has 0 aliphatic heterocycles. The second kappa shape index (κ2) is 11.4. The van der Waals surface area contributed by atoms with Gasteiger partial charge in [0.15, 0.2) is 0 Å². The predicted octanol–water partition coefficient (Wildman–Crippen LogP) is -4.63. The van der Waals surface area contributed by atoms with Crippen molar-refractivity contribution in [2.24, 2.45) is 0 Å². The van der Waals surface area contributed by atoms with Gasteiger partial charge in [-0.05, 0) is 12.0 Å². The number of hydrogen-bond acceptors (Lipinski definition) is 1. The van der Waals surface area contributed by atoms with Crippen molar-refractivity contribution in [1.29, 1.82) is 0 Å². The van der Waals surface area contributed by atoms with Gasteiger partial charge in [0.25, 0.3) is 0 Å². The molecule has 0 spiro atoms. The second-order valence-corrected chi connectivity index (χ2v) is 2.83. The Balaban J connectivity index is -0.000000403. The third kappa shape index (κ3) is 8.92. The molecule has 1 aromatic carbocycles. The Morgan fingerprint density at radius 2 is 1.64 bits per heavy atom. The Kier molecular flexibility index (Phi) is 16.2. The molecular weight excluding hydrogens is 258 g/mol. The van der Waals surface area contributed by atoms with Crippen LogP contribution in [-0.2, 0) is 25.0 Å². The van der Waals surface area contributed by atoms with Gasteiger partial charge in [-0.2, -0.15) is 0 Å². The van der Waals surface area contributed by atoms with Gasteiger partial charge in [-0.15, -0.1) is 6.10 Å². The molecule has 1 atom stereocenters. The standard InChI is InChI=1S/C10H13O.2ClH.V/c1-9(11)7-8-10-5-3-2-4-6-10;;;/h2-6,9H,7-8H2,1H3;2*1H;/q-1;;;/p-2. The summed E-state index contributed by atoms with van der Waals surface area (Å²) >= 11 is 0. The van der Waals surface area contributed by atoms with E-state index in [9.17, 15) is 5.11 Å². The van der Waals surface area contributed by atoms with Crippen LogP contribution in [0.5, 0.6) is 0 Å². The molecule has 1 rings (SSSR count). The van der Waals surface area contributed by atoms with Crippen LogP contribution in [-0.4, -0.2) is 6.10 Å². The topological polar surface area (TPSA) is 23.1 Å². The number of aryl methyl sites for hydroxylation is 1. The summed E-state index contributed by atoms with van der Waals surface area (Å²) in [7, 11) is 0. The van der Waals surface area contributed by atoms with Crippen LogP contribution in [0.3, 0.4) is 0 Å². The van der Waals surface area contributed by atoms with Gasteiger partial charge >= 0.3 is 0 Å². The quantitative estimate of drug-likeness (QED) is 0.542. The van der Waals surface area contributed by atoms with E-state index >= 15 is 0 Å². The summed E-state index contributed by atoms with van der Waals surface area (Å²) in [4.78, 5) is 0. The summed E-state index contributed by atoms with van der Waals surface area (Å²) in [6.45, 7) is 1.71. The summed E-state index contributed by atoms with van der Waals surface area (Å²) in [5, 5.41) is 10.7. The van der Waals surface area contributed by atoms with Crippen molar-refractivity contribution in [3.05, 3.63) is 35.9 Å².